The van der Waals surface area contributed by atoms with Gasteiger partial charge in [-0.3, -0.25) is 14.7 Å². The second kappa shape index (κ2) is 9.76. The van der Waals surface area contributed by atoms with E-state index in [-0.39, 0.29) is 11.9 Å². The molecule has 1 atom stereocenters. The van der Waals surface area contributed by atoms with Crippen LogP contribution in [0.2, 0.25) is 0 Å². The van der Waals surface area contributed by atoms with Crippen LogP contribution in [0.25, 0.3) is 0 Å². The number of aryl methyl sites for hydroxylation is 1. The number of fused-ring (bicyclic) bond motifs is 1. The molecular formula is C21H36N8O. The largest absolute Gasteiger partial charge is 0.349 e. The molecule has 1 aromatic heterocycles. The number of hydrogen-bond donors (Lipinski definition) is 1. The van der Waals surface area contributed by atoms with Gasteiger partial charge in [0, 0.05) is 59.3 Å². The highest BCUT2D eigenvalue weighted by atomic mass is 16.2. The molecule has 1 N–H and O–H groups in total. The molecule has 9 nitrogen and oxygen atoms in total. The van der Waals surface area contributed by atoms with E-state index in [9.17, 15) is 4.79 Å². The van der Waals surface area contributed by atoms with Crippen LogP contribution in [0, 0.1) is 0 Å². The zero-order valence-electron chi connectivity index (χ0n) is 18.5. The van der Waals surface area contributed by atoms with Crippen molar-refractivity contribution >= 4 is 11.9 Å². The molecule has 1 aromatic rings. The van der Waals surface area contributed by atoms with E-state index in [1.54, 1.807) is 0 Å². The first-order chi connectivity index (χ1) is 14.7. The van der Waals surface area contributed by atoms with Crippen molar-refractivity contribution in [2.75, 3.05) is 46.3 Å². The Bertz CT molecular complexity index is 746. The number of likely N-dealkylation sites (tertiary alicyclic amines) is 1. The van der Waals surface area contributed by atoms with Crippen LogP contribution in [-0.4, -0.2) is 93.7 Å². The minimum atomic E-state index is -0.0355. The quantitative estimate of drug-likeness (QED) is 0.575. The third-order valence-electron chi connectivity index (χ3n) is 6.74. The molecule has 0 aromatic carbocycles. The lowest BCUT2D eigenvalue weighted by atomic mass is 10.2. The Morgan fingerprint density at radius 3 is 2.43 bits per heavy atom. The van der Waals surface area contributed by atoms with Gasteiger partial charge in [-0.15, -0.1) is 10.2 Å². The summed E-state index contributed by atoms with van der Waals surface area (Å²) in [7, 11) is 1.83. The van der Waals surface area contributed by atoms with E-state index < -0.39 is 0 Å². The Morgan fingerprint density at radius 1 is 0.967 bits per heavy atom. The molecule has 4 heterocycles. The van der Waals surface area contributed by atoms with E-state index in [2.05, 4.69) is 41.8 Å². The molecule has 0 spiro atoms. The second-order valence-corrected chi connectivity index (χ2v) is 8.63. The SMILES string of the molecule is CN=C(NCc1nnc2n1CCCCC2)N1CCN(C(C)C(=O)N2CCCC2)CC1. The summed E-state index contributed by atoms with van der Waals surface area (Å²) < 4.78 is 2.27. The summed E-state index contributed by atoms with van der Waals surface area (Å²) in [6.07, 6.45) is 6.98. The molecule has 0 bridgehead atoms. The van der Waals surface area contributed by atoms with Crippen LogP contribution in [0.3, 0.4) is 0 Å². The lowest BCUT2D eigenvalue weighted by Gasteiger charge is -2.39. The first-order valence-electron chi connectivity index (χ1n) is 11.6. The Hall–Kier alpha value is -2.16. The lowest BCUT2D eigenvalue weighted by Crippen LogP contribution is -2.57. The van der Waals surface area contributed by atoms with Crippen LogP contribution in [0.4, 0.5) is 0 Å². The molecule has 1 amide bonds. The zero-order valence-corrected chi connectivity index (χ0v) is 18.5. The third-order valence-corrected chi connectivity index (χ3v) is 6.74. The number of aliphatic imine (C=N–C) groups is 1. The minimum Gasteiger partial charge on any atom is -0.349 e. The number of amides is 1. The average molecular weight is 417 g/mol. The summed E-state index contributed by atoms with van der Waals surface area (Å²) in [4.78, 5) is 23.8. The molecule has 0 radical (unpaired) electrons. The molecule has 4 rings (SSSR count). The molecule has 0 saturated carbocycles. The molecule has 0 aliphatic carbocycles. The van der Waals surface area contributed by atoms with Gasteiger partial charge in [0.1, 0.15) is 5.82 Å². The van der Waals surface area contributed by atoms with Gasteiger partial charge in [0.25, 0.3) is 0 Å². The van der Waals surface area contributed by atoms with Crippen LogP contribution in [0.5, 0.6) is 0 Å². The standard InChI is InChI=1S/C21H36N8O/c1-17(20(30)27-9-6-7-10-27)26-12-14-28(15-13-26)21(22-2)23-16-19-25-24-18-8-4-3-5-11-29(18)19/h17H,3-16H2,1-2H3,(H,22,23). The van der Waals surface area contributed by atoms with E-state index in [4.69, 9.17) is 0 Å². The van der Waals surface area contributed by atoms with Crippen molar-refractivity contribution in [1.82, 2.24) is 34.8 Å². The highest BCUT2D eigenvalue weighted by Crippen LogP contribution is 2.16. The summed E-state index contributed by atoms with van der Waals surface area (Å²) >= 11 is 0. The van der Waals surface area contributed by atoms with Crippen molar-refractivity contribution in [1.29, 1.82) is 0 Å². The van der Waals surface area contributed by atoms with Gasteiger partial charge in [-0.25, -0.2) is 0 Å². The summed E-state index contributed by atoms with van der Waals surface area (Å²) in [5.41, 5.74) is 0. The minimum absolute atomic E-state index is 0.0355. The summed E-state index contributed by atoms with van der Waals surface area (Å²) in [6, 6.07) is -0.0355. The van der Waals surface area contributed by atoms with Gasteiger partial charge in [-0.2, -0.15) is 0 Å². The molecule has 3 aliphatic heterocycles. The van der Waals surface area contributed by atoms with Gasteiger partial charge < -0.3 is 19.7 Å². The first kappa shape index (κ1) is 21.1. The van der Waals surface area contributed by atoms with Gasteiger partial charge in [-0.1, -0.05) is 6.42 Å². The molecule has 2 fully saturated rings. The van der Waals surface area contributed by atoms with Gasteiger partial charge in [0.15, 0.2) is 11.8 Å². The van der Waals surface area contributed by atoms with Crippen LogP contribution in [0.1, 0.15) is 50.7 Å². The fourth-order valence-corrected chi connectivity index (χ4v) is 4.85. The van der Waals surface area contributed by atoms with E-state index >= 15 is 0 Å². The van der Waals surface area contributed by atoms with Crippen molar-refractivity contribution < 1.29 is 4.79 Å². The number of rotatable bonds is 4. The number of nitrogens with zero attached hydrogens (tertiary/aromatic N) is 7. The molecule has 9 heteroatoms. The van der Waals surface area contributed by atoms with E-state index in [1.807, 2.05) is 11.9 Å². The molecule has 1 unspecified atom stereocenters. The predicted octanol–water partition coefficient (Wildman–Crippen LogP) is 0.708. The van der Waals surface area contributed by atoms with E-state index in [1.165, 1.54) is 19.3 Å². The number of carbonyl (C=O) groups excluding carboxylic acids is 1. The maximum absolute atomic E-state index is 12.7. The van der Waals surface area contributed by atoms with Crippen molar-refractivity contribution in [2.45, 2.75) is 64.6 Å². The second-order valence-electron chi connectivity index (χ2n) is 8.63. The number of guanidine groups is 1. The van der Waals surface area contributed by atoms with E-state index in [0.29, 0.717) is 6.54 Å². The Balaban J connectivity index is 1.28. The maximum atomic E-state index is 12.7. The smallest absolute Gasteiger partial charge is 0.239 e. The van der Waals surface area contributed by atoms with Crippen molar-refractivity contribution in [3.8, 4) is 0 Å². The number of aromatic nitrogens is 3. The highest BCUT2D eigenvalue weighted by Gasteiger charge is 2.30. The van der Waals surface area contributed by atoms with Gasteiger partial charge >= 0.3 is 0 Å². The predicted molar refractivity (Wildman–Crippen MR) is 116 cm³/mol. The Morgan fingerprint density at radius 2 is 1.70 bits per heavy atom. The van der Waals surface area contributed by atoms with Gasteiger partial charge in [0.05, 0.1) is 12.6 Å². The van der Waals surface area contributed by atoms with Crippen molar-refractivity contribution in [3.05, 3.63) is 11.6 Å². The normalized spacial score (nSPS) is 22.0. The fourth-order valence-electron chi connectivity index (χ4n) is 4.85. The molecule has 30 heavy (non-hydrogen) atoms. The summed E-state index contributed by atoms with van der Waals surface area (Å²) in [6.45, 7) is 9.05. The molecule has 166 valence electrons. The van der Waals surface area contributed by atoms with Crippen LogP contribution >= 0.6 is 0 Å². The lowest BCUT2D eigenvalue weighted by molar-refractivity contribution is -0.135. The van der Waals surface area contributed by atoms with Crippen molar-refractivity contribution in [3.63, 3.8) is 0 Å². The van der Waals surface area contributed by atoms with Crippen LogP contribution in [0.15, 0.2) is 4.99 Å². The number of hydrogen-bond acceptors (Lipinski definition) is 5. The zero-order chi connectivity index (χ0) is 20.9. The summed E-state index contributed by atoms with van der Waals surface area (Å²) in [5.74, 6) is 3.30. The average Bonchev–Trinajstić information content (AvgIpc) is 3.39. The van der Waals surface area contributed by atoms with Gasteiger partial charge in [-0.05, 0) is 32.6 Å². The topological polar surface area (TPSA) is 81.9 Å². The Kier molecular flexibility index (Phi) is 6.86. The number of carbonyl (C=O) groups is 1. The highest BCUT2D eigenvalue weighted by molar-refractivity contribution is 5.82. The Labute approximate surface area is 179 Å². The fraction of sp³-hybridized carbons (Fsp3) is 0.810. The summed E-state index contributed by atoms with van der Waals surface area (Å²) in [5, 5.41) is 12.3. The monoisotopic (exact) mass is 416 g/mol. The van der Waals surface area contributed by atoms with E-state index in [0.717, 1.165) is 82.7 Å². The third kappa shape index (κ3) is 4.61. The molecule has 2 saturated heterocycles. The molecule has 3 aliphatic rings. The number of nitrogens with one attached hydrogen (secondary N) is 1. The first-order valence-corrected chi connectivity index (χ1v) is 11.6. The van der Waals surface area contributed by atoms with Crippen LogP contribution < -0.4 is 5.32 Å². The van der Waals surface area contributed by atoms with Crippen molar-refractivity contribution in [2.24, 2.45) is 4.99 Å². The van der Waals surface area contributed by atoms with Gasteiger partial charge in [0.2, 0.25) is 5.91 Å². The van der Waals surface area contributed by atoms with Crippen LogP contribution in [-0.2, 0) is 24.3 Å². The molecular weight excluding hydrogens is 380 g/mol. The number of piperazine rings is 1. The maximum Gasteiger partial charge on any atom is 0.239 e.